The summed E-state index contributed by atoms with van der Waals surface area (Å²) in [5.41, 5.74) is 1.34. The molecule has 7 nitrogen and oxygen atoms in total. The van der Waals surface area contributed by atoms with Gasteiger partial charge < -0.3 is 15.0 Å². The molecule has 1 atom stereocenters. The van der Waals surface area contributed by atoms with Crippen molar-refractivity contribution in [1.82, 2.24) is 15.3 Å². The Labute approximate surface area is 115 Å². The van der Waals surface area contributed by atoms with Crippen LogP contribution in [0.25, 0.3) is 11.0 Å². The number of rotatable bonds is 4. The summed E-state index contributed by atoms with van der Waals surface area (Å²) >= 11 is 0. The Morgan fingerprint density at radius 1 is 1.50 bits per heavy atom. The zero-order valence-electron chi connectivity index (χ0n) is 11.0. The van der Waals surface area contributed by atoms with Crippen LogP contribution in [0.3, 0.4) is 0 Å². The molecule has 0 aliphatic carbocycles. The van der Waals surface area contributed by atoms with Gasteiger partial charge in [0.2, 0.25) is 0 Å². The molecule has 0 amide bonds. The number of hydrogen-bond acceptors (Lipinski definition) is 5. The molecule has 7 heteroatoms. The summed E-state index contributed by atoms with van der Waals surface area (Å²) in [7, 11) is 0. The molecule has 3 rings (SSSR count). The molecule has 1 aromatic carbocycles. The van der Waals surface area contributed by atoms with Gasteiger partial charge in [-0.3, -0.25) is 10.1 Å². The van der Waals surface area contributed by atoms with Crippen LogP contribution in [0.1, 0.15) is 12.8 Å². The van der Waals surface area contributed by atoms with Gasteiger partial charge in [-0.1, -0.05) is 0 Å². The minimum atomic E-state index is -0.422. The van der Waals surface area contributed by atoms with Gasteiger partial charge in [0.15, 0.2) is 0 Å². The number of nitro benzene ring substituents is 1. The fraction of sp³-hybridized carbons (Fsp3) is 0.462. The molecule has 106 valence electrons. The molecule has 0 spiro atoms. The third kappa shape index (κ3) is 2.72. The topological polar surface area (TPSA) is 93.1 Å². The van der Waals surface area contributed by atoms with Crippen LogP contribution in [-0.4, -0.2) is 34.6 Å². The van der Waals surface area contributed by atoms with E-state index in [4.69, 9.17) is 4.74 Å². The lowest BCUT2D eigenvalue weighted by atomic mass is 10.0. The molecule has 1 aliphatic rings. The van der Waals surface area contributed by atoms with Crippen molar-refractivity contribution in [1.29, 1.82) is 0 Å². The lowest BCUT2D eigenvalue weighted by Gasteiger charge is -2.21. The highest BCUT2D eigenvalue weighted by Crippen LogP contribution is 2.22. The fourth-order valence-electron chi connectivity index (χ4n) is 2.42. The molecule has 1 saturated heterocycles. The van der Waals surface area contributed by atoms with Crippen LogP contribution in [-0.2, 0) is 0 Å². The molecule has 2 aromatic rings. The van der Waals surface area contributed by atoms with E-state index in [0.29, 0.717) is 29.6 Å². The number of nitrogens with one attached hydrogen (secondary N) is 2. The van der Waals surface area contributed by atoms with E-state index in [1.54, 1.807) is 6.07 Å². The minimum Gasteiger partial charge on any atom is -0.464 e. The minimum absolute atomic E-state index is 0.0455. The molecule has 0 radical (unpaired) electrons. The van der Waals surface area contributed by atoms with E-state index >= 15 is 0 Å². The van der Waals surface area contributed by atoms with Crippen LogP contribution in [0.2, 0.25) is 0 Å². The van der Waals surface area contributed by atoms with Gasteiger partial charge in [-0.15, -0.1) is 0 Å². The van der Waals surface area contributed by atoms with Gasteiger partial charge in [0.05, 0.1) is 22.6 Å². The number of nitro groups is 1. The molecule has 20 heavy (non-hydrogen) atoms. The van der Waals surface area contributed by atoms with E-state index in [0.717, 1.165) is 19.5 Å². The molecular weight excluding hydrogens is 260 g/mol. The van der Waals surface area contributed by atoms with E-state index in [-0.39, 0.29) is 5.69 Å². The number of benzene rings is 1. The molecule has 0 bridgehead atoms. The highest BCUT2D eigenvalue weighted by atomic mass is 16.6. The van der Waals surface area contributed by atoms with Crippen LogP contribution in [0.15, 0.2) is 18.2 Å². The number of aromatic nitrogens is 2. The standard InChI is InChI=1S/C13H16N4O3/c18-17(19)10-3-4-11-12(6-10)16-13(15-11)20-8-9-2-1-5-14-7-9/h3-4,6,9,14H,1-2,5,7-8H2,(H,15,16)/t9-/m1/s1. The summed E-state index contributed by atoms with van der Waals surface area (Å²) in [4.78, 5) is 17.5. The smallest absolute Gasteiger partial charge is 0.294 e. The predicted molar refractivity (Wildman–Crippen MR) is 73.8 cm³/mol. The number of piperidine rings is 1. The van der Waals surface area contributed by atoms with Crippen molar-refractivity contribution in [3.05, 3.63) is 28.3 Å². The zero-order valence-corrected chi connectivity index (χ0v) is 11.0. The third-order valence-electron chi connectivity index (χ3n) is 3.51. The average Bonchev–Trinajstić information content (AvgIpc) is 2.88. The summed E-state index contributed by atoms with van der Waals surface area (Å²) in [6.07, 6.45) is 2.32. The van der Waals surface area contributed by atoms with E-state index in [1.165, 1.54) is 18.6 Å². The van der Waals surface area contributed by atoms with Crippen LogP contribution in [0.4, 0.5) is 5.69 Å². The van der Waals surface area contributed by atoms with Crippen molar-refractivity contribution in [2.24, 2.45) is 5.92 Å². The summed E-state index contributed by atoms with van der Waals surface area (Å²) in [6.45, 7) is 2.64. The van der Waals surface area contributed by atoms with Gasteiger partial charge in [0.25, 0.3) is 11.7 Å². The van der Waals surface area contributed by atoms with Gasteiger partial charge in [-0.25, -0.2) is 0 Å². The molecule has 1 aromatic heterocycles. The second-order valence-electron chi connectivity index (χ2n) is 5.02. The molecular formula is C13H16N4O3. The van der Waals surface area contributed by atoms with Crippen LogP contribution in [0, 0.1) is 16.0 Å². The maximum Gasteiger partial charge on any atom is 0.294 e. The first-order valence-corrected chi connectivity index (χ1v) is 6.70. The summed E-state index contributed by atoms with van der Waals surface area (Å²) in [5.74, 6) is 0.492. The molecule has 0 unspecified atom stereocenters. The van der Waals surface area contributed by atoms with Crippen molar-refractivity contribution in [2.45, 2.75) is 12.8 Å². The highest BCUT2D eigenvalue weighted by Gasteiger charge is 2.15. The Morgan fingerprint density at radius 2 is 2.40 bits per heavy atom. The van der Waals surface area contributed by atoms with E-state index in [2.05, 4.69) is 15.3 Å². The first-order valence-electron chi connectivity index (χ1n) is 6.70. The van der Waals surface area contributed by atoms with Crippen LogP contribution < -0.4 is 10.1 Å². The number of H-pyrrole nitrogens is 1. The lowest BCUT2D eigenvalue weighted by Crippen LogP contribution is -2.33. The van der Waals surface area contributed by atoms with Crippen molar-refractivity contribution in [2.75, 3.05) is 19.7 Å². The first-order chi connectivity index (χ1) is 9.72. The second-order valence-corrected chi connectivity index (χ2v) is 5.02. The lowest BCUT2D eigenvalue weighted by molar-refractivity contribution is -0.384. The maximum atomic E-state index is 10.7. The van der Waals surface area contributed by atoms with Gasteiger partial charge in [-0.05, 0) is 25.5 Å². The molecule has 2 heterocycles. The van der Waals surface area contributed by atoms with Crippen molar-refractivity contribution < 1.29 is 9.66 Å². The normalized spacial score (nSPS) is 19.1. The summed E-state index contributed by atoms with van der Waals surface area (Å²) < 4.78 is 5.65. The Bertz CT molecular complexity index is 619. The molecule has 0 saturated carbocycles. The molecule has 1 aliphatic heterocycles. The Balaban J connectivity index is 1.70. The Kier molecular flexibility index (Phi) is 3.51. The summed E-state index contributed by atoms with van der Waals surface area (Å²) in [5, 5.41) is 14.0. The Hall–Kier alpha value is -2.15. The number of nitrogens with zero attached hydrogens (tertiary/aromatic N) is 2. The number of hydrogen-bond donors (Lipinski definition) is 2. The van der Waals surface area contributed by atoms with Gasteiger partial charge in [0, 0.05) is 24.6 Å². The van der Waals surface area contributed by atoms with Gasteiger partial charge in [0.1, 0.15) is 0 Å². The van der Waals surface area contributed by atoms with Crippen molar-refractivity contribution >= 4 is 16.7 Å². The molecule has 2 N–H and O–H groups in total. The van der Waals surface area contributed by atoms with E-state index in [9.17, 15) is 10.1 Å². The van der Waals surface area contributed by atoms with E-state index < -0.39 is 4.92 Å². The fourth-order valence-corrected chi connectivity index (χ4v) is 2.42. The third-order valence-corrected chi connectivity index (χ3v) is 3.51. The number of aromatic amines is 1. The average molecular weight is 276 g/mol. The predicted octanol–water partition coefficient (Wildman–Crippen LogP) is 1.85. The van der Waals surface area contributed by atoms with Crippen molar-refractivity contribution in [3.8, 4) is 6.01 Å². The SMILES string of the molecule is O=[N+]([O-])c1ccc2nc(OC[C@@H]3CCCNC3)[nH]c2c1. The number of imidazole rings is 1. The maximum absolute atomic E-state index is 10.7. The van der Waals surface area contributed by atoms with Crippen molar-refractivity contribution in [3.63, 3.8) is 0 Å². The highest BCUT2D eigenvalue weighted by molar-refractivity contribution is 5.78. The number of fused-ring (bicyclic) bond motifs is 1. The summed E-state index contributed by atoms with van der Waals surface area (Å²) in [6, 6.07) is 4.96. The van der Waals surface area contributed by atoms with E-state index in [1.807, 2.05) is 0 Å². The monoisotopic (exact) mass is 276 g/mol. The van der Waals surface area contributed by atoms with Gasteiger partial charge >= 0.3 is 0 Å². The first kappa shape index (κ1) is 12.9. The number of ether oxygens (including phenoxy) is 1. The largest absolute Gasteiger partial charge is 0.464 e. The zero-order chi connectivity index (χ0) is 13.9. The number of non-ortho nitro benzene ring substituents is 1. The molecule has 1 fully saturated rings. The quantitative estimate of drug-likeness (QED) is 0.656. The Morgan fingerprint density at radius 3 is 3.15 bits per heavy atom. The van der Waals surface area contributed by atoms with Gasteiger partial charge in [-0.2, -0.15) is 4.98 Å². The van der Waals surface area contributed by atoms with Crippen LogP contribution in [0.5, 0.6) is 6.01 Å². The second kappa shape index (κ2) is 5.46. The van der Waals surface area contributed by atoms with Crippen LogP contribution >= 0.6 is 0 Å².